The minimum absolute atomic E-state index is 0.0528. The van der Waals surface area contributed by atoms with Gasteiger partial charge < -0.3 is 20.8 Å². The van der Waals surface area contributed by atoms with E-state index in [2.05, 4.69) is 10.6 Å². The summed E-state index contributed by atoms with van der Waals surface area (Å²) in [7, 11) is 0. The van der Waals surface area contributed by atoms with Crippen LogP contribution in [0, 0.1) is 0 Å². The first-order valence-electron chi connectivity index (χ1n) is 4.95. The molecule has 2 unspecified atom stereocenters. The van der Waals surface area contributed by atoms with E-state index in [1.165, 1.54) is 0 Å². The van der Waals surface area contributed by atoms with Crippen LogP contribution in [0.4, 0.5) is 4.79 Å². The lowest BCUT2D eigenvalue weighted by Crippen LogP contribution is -2.46. The topological polar surface area (TPSA) is 98.7 Å². The lowest BCUT2D eigenvalue weighted by molar-refractivity contribution is -0.146. The number of aliphatic hydroxyl groups excluding tert-OH is 1. The zero-order valence-electron chi connectivity index (χ0n) is 9.40. The third-order valence-electron chi connectivity index (χ3n) is 1.94. The lowest BCUT2D eigenvalue weighted by atomic mass is 10.3. The Kier molecular flexibility index (Phi) is 7.74. The van der Waals surface area contributed by atoms with Crippen LogP contribution in [0.15, 0.2) is 0 Å². The number of urea groups is 1. The summed E-state index contributed by atoms with van der Waals surface area (Å²) in [5, 5.41) is 22.3. The zero-order chi connectivity index (χ0) is 12.6. The van der Waals surface area contributed by atoms with Crippen LogP contribution in [-0.4, -0.2) is 52.9 Å². The highest BCUT2D eigenvalue weighted by Crippen LogP contribution is 2.00. The van der Waals surface area contributed by atoms with E-state index in [4.69, 9.17) is 10.2 Å². The number of aliphatic carboxylic acids is 1. The summed E-state index contributed by atoms with van der Waals surface area (Å²) in [6.45, 7) is 1.66. The van der Waals surface area contributed by atoms with E-state index in [1.54, 1.807) is 11.8 Å². The molecule has 0 aromatic heterocycles. The Balaban J connectivity index is 3.84. The fourth-order valence-electron chi connectivity index (χ4n) is 0.976. The van der Waals surface area contributed by atoms with Gasteiger partial charge >= 0.3 is 12.0 Å². The highest BCUT2D eigenvalue weighted by Gasteiger charge is 2.15. The van der Waals surface area contributed by atoms with Crippen molar-refractivity contribution in [1.29, 1.82) is 0 Å². The standard InChI is InChI=1S/C9H18N2O4S/c1-3-6(5-16-2)11-9(15)10-4-7(12)8(13)14/h6-7,12H,3-5H2,1-2H3,(H,13,14)(H2,10,11,15). The molecule has 0 aromatic rings. The van der Waals surface area contributed by atoms with Gasteiger partial charge in [-0.1, -0.05) is 6.92 Å². The van der Waals surface area contributed by atoms with E-state index >= 15 is 0 Å². The highest BCUT2D eigenvalue weighted by atomic mass is 32.2. The van der Waals surface area contributed by atoms with Crippen LogP contribution in [0.25, 0.3) is 0 Å². The number of hydrogen-bond acceptors (Lipinski definition) is 4. The maximum absolute atomic E-state index is 11.3. The van der Waals surface area contributed by atoms with Gasteiger partial charge in [0, 0.05) is 11.8 Å². The number of nitrogens with one attached hydrogen (secondary N) is 2. The van der Waals surface area contributed by atoms with Gasteiger partial charge in [0.05, 0.1) is 6.54 Å². The third kappa shape index (κ3) is 6.52. The van der Waals surface area contributed by atoms with Crippen LogP contribution in [0.2, 0.25) is 0 Å². The first-order chi connectivity index (χ1) is 7.51. The molecule has 6 nitrogen and oxygen atoms in total. The van der Waals surface area contributed by atoms with Crippen molar-refractivity contribution in [1.82, 2.24) is 10.6 Å². The summed E-state index contributed by atoms with van der Waals surface area (Å²) in [6.07, 6.45) is 1.18. The molecule has 16 heavy (non-hydrogen) atoms. The van der Waals surface area contributed by atoms with Gasteiger partial charge in [0.2, 0.25) is 0 Å². The Hall–Kier alpha value is -0.950. The van der Waals surface area contributed by atoms with Gasteiger partial charge in [-0.15, -0.1) is 0 Å². The molecule has 0 heterocycles. The third-order valence-corrected chi connectivity index (χ3v) is 2.67. The molecule has 0 rings (SSSR count). The van der Waals surface area contributed by atoms with Crippen LogP contribution in [0.3, 0.4) is 0 Å². The predicted molar refractivity (Wildman–Crippen MR) is 62.6 cm³/mol. The van der Waals surface area contributed by atoms with Crippen molar-refractivity contribution in [3.05, 3.63) is 0 Å². The Morgan fingerprint density at radius 1 is 1.44 bits per heavy atom. The van der Waals surface area contributed by atoms with Crippen LogP contribution >= 0.6 is 11.8 Å². The largest absolute Gasteiger partial charge is 0.479 e. The molecule has 0 aromatic carbocycles. The summed E-state index contributed by atoms with van der Waals surface area (Å²) in [6, 6.07) is -0.404. The second-order valence-electron chi connectivity index (χ2n) is 3.27. The van der Waals surface area contributed by atoms with Gasteiger partial charge in [0.15, 0.2) is 6.10 Å². The Bertz CT molecular complexity index is 238. The van der Waals surface area contributed by atoms with Gasteiger partial charge in [0.25, 0.3) is 0 Å². The fourth-order valence-corrected chi connectivity index (χ4v) is 1.70. The second kappa shape index (κ2) is 8.23. The molecule has 2 atom stereocenters. The van der Waals surface area contributed by atoms with Gasteiger partial charge in [0.1, 0.15) is 0 Å². The summed E-state index contributed by atoms with van der Waals surface area (Å²) in [5.41, 5.74) is 0. The van der Waals surface area contributed by atoms with Crippen LogP contribution in [-0.2, 0) is 4.79 Å². The summed E-state index contributed by atoms with van der Waals surface area (Å²) >= 11 is 1.62. The number of rotatable bonds is 7. The number of carbonyl (C=O) groups is 2. The Morgan fingerprint density at radius 2 is 2.06 bits per heavy atom. The molecule has 0 fully saturated rings. The van der Waals surface area contributed by atoms with Gasteiger partial charge in [-0.3, -0.25) is 0 Å². The van der Waals surface area contributed by atoms with Crippen LogP contribution < -0.4 is 10.6 Å². The van der Waals surface area contributed by atoms with Crippen molar-refractivity contribution < 1.29 is 19.8 Å². The molecule has 0 aliphatic heterocycles. The van der Waals surface area contributed by atoms with Crippen LogP contribution in [0.1, 0.15) is 13.3 Å². The van der Waals surface area contributed by atoms with Gasteiger partial charge in [-0.25, -0.2) is 9.59 Å². The molecule has 0 bridgehead atoms. The number of aliphatic hydroxyl groups is 1. The normalized spacial score (nSPS) is 13.9. The summed E-state index contributed by atoms with van der Waals surface area (Å²) < 4.78 is 0. The van der Waals surface area contributed by atoms with E-state index in [-0.39, 0.29) is 12.6 Å². The summed E-state index contributed by atoms with van der Waals surface area (Å²) in [4.78, 5) is 21.5. The number of carboxylic acid groups (broad SMARTS) is 1. The number of hydrogen-bond donors (Lipinski definition) is 4. The monoisotopic (exact) mass is 250 g/mol. The van der Waals surface area contributed by atoms with Gasteiger partial charge in [-0.05, 0) is 12.7 Å². The van der Waals surface area contributed by atoms with Crippen LogP contribution in [0.5, 0.6) is 0 Å². The molecule has 0 radical (unpaired) electrons. The number of amides is 2. The van der Waals surface area contributed by atoms with Crippen molar-refractivity contribution in [2.45, 2.75) is 25.5 Å². The molecule has 0 saturated heterocycles. The highest BCUT2D eigenvalue weighted by molar-refractivity contribution is 7.98. The first-order valence-corrected chi connectivity index (χ1v) is 6.34. The van der Waals surface area contributed by atoms with E-state index in [1.807, 2.05) is 13.2 Å². The molecular weight excluding hydrogens is 232 g/mol. The fraction of sp³-hybridized carbons (Fsp3) is 0.778. The average molecular weight is 250 g/mol. The quantitative estimate of drug-likeness (QED) is 0.504. The molecule has 0 aliphatic carbocycles. The maximum atomic E-state index is 11.3. The van der Waals surface area contributed by atoms with Gasteiger partial charge in [-0.2, -0.15) is 11.8 Å². The number of carboxylic acids is 1. The van der Waals surface area contributed by atoms with E-state index in [0.717, 1.165) is 12.2 Å². The Labute approximate surface area is 98.8 Å². The predicted octanol–water partition coefficient (Wildman–Crippen LogP) is -0.127. The molecular formula is C9H18N2O4S. The molecule has 0 saturated carbocycles. The molecule has 2 amide bonds. The lowest BCUT2D eigenvalue weighted by Gasteiger charge is -2.16. The summed E-state index contributed by atoms with van der Waals surface area (Å²) in [5.74, 6) is -0.553. The average Bonchev–Trinajstić information content (AvgIpc) is 2.24. The van der Waals surface area contributed by atoms with Crippen molar-refractivity contribution in [3.63, 3.8) is 0 Å². The number of thioether (sulfide) groups is 1. The smallest absolute Gasteiger partial charge is 0.334 e. The molecule has 0 aliphatic rings. The van der Waals surface area contributed by atoms with E-state index in [0.29, 0.717) is 0 Å². The molecule has 4 N–H and O–H groups in total. The van der Waals surface area contributed by atoms with Crippen molar-refractivity contribution in [2.24, 2.45) is 0 Å². The molecule has 7 heteroatoms. The second-order valence-corrected chi connectivity index (χ2v) is 4.18. The SMILES string of the molecule is CCC(CSC)NC(=O)NCC(O)C(=O)O. The van der Waals surface area contributed by atoms with E-state index in [9.17, 15) is 9.59 Å². The minimum Gasteiger partial charge on any atom is -0.479 e. The first kappa shape index (κ1) is 15.0. The Morgan fingerprint density at radius 3 is 2.50 bits per heavy atom. The van der Waals surface area contributed by atoms with E-state index < -0.39 is 18.1 Å². The molecule has 0 spiro atoms. The zero-order valence-corrected chi connectivity index (χ0v) is 10.2. The van der Waals surface area contributed by atoms with Crippen molar-refractivity contribution in [2.75, 3.05) is 18.6 Å². The maximum Gasteiger partial charge on any atom is 0.334 e. The van der Waals surface area contributed by atoms with Crippen molar-refractivity contribution >= 4 is 23.8 Å². The number of carbonyl (C=O) groups excluding carboxylic acids is 1. The molecule has 94 valence electrons. The minimum atomic E-state index is -1.56. The van der Waals surface area contributed by atoms with Crippen molar-refractivity contribution in [3.8, 4) is 0 Å².